The Labute approximate surface area is 201 Å². The molecule has 7 nitrogen and oxygen atoms in total. The summed E-state index contributed by atoms with van der Waals surface area (Å²) in [5.41, 5.74) is 4.07. The first-order valence-electron chi connectivity index (χ1n) is 10.8. The minimum absolute atomic E-state index is 0.0940. The number of hydrogen-bond acceptors (Lipinski definition) is 5. The van der Waals surface area contributed by atoms with E-state index in [0.717, 1.165) is 27.8 Å². The molecular weight excluding hydrogens is 538 g/mol. The first kappa shape index (κ1) is 22.0. The summed E-state index contributed by atoms with van der Waals surface area (Å²) in [6.07, 6.45) is 4.37. The topological polar surface area (TPSA) is 88.3 Å². The van der Waals surface area contributed by atoms with Gasteiger partial charge in [-0.3, -0.25) is 0 Å². The molecule has 1 aromatic carbocycles. The molecule has 4 heterocycles. The normalized spacial score (nSPS) is 20.2. The van der Waals surface area contributed by atoms with E-state index in [-0.39, 0.29) is 36.8 Å². The number of nitrogens with zero attached hydrogens (tertiary/aromatic N) is 1. The number of aromatic nitrogens is 2. The van der Waals surface area contributed by atoms with Crippen molar-refractivity contribution in [3.05, 3.63) is 53.7 Å². The molecule has 0 saturated carbocycles. The zero-order valence-electron chi connectivity index (χ0n) is 18.4. The van der Waals surface area contributed by atoms with Gasteiger partial charge in [-0.25, -0.2) is 0 Å². The number of rotatable bonds is 3. The van der Waals surface area contributed by atoms with Crippen LogP contribution in [0.1, 0.15) is 33.3 Å². The van der Waals surface area contributed by atoms with Gasteiger partial charge >= 0.3 is 202 Å². The van der Waals surface area contributed by atoms with Gasteiger partial charge in [0.25, 0.3) is 0 Å². The van der Waals surface area contributed by atoms with Crippen LogP contribution in [0.25, 0.3) is 11.3 Å². The van der Waals surface area contributed by atoms with Gasteiger partial charge in [0, 0.05) is 0 Å². The first-order chi connectivity index (χ1) is 16.1. The van der Waals surface area contributed by atoms with E-state index in [1.54, 1.807) is 24.5 Å². The second-order valence-corrected chi connectivity index (χ2v) is 11.5. The molecule has 2 aromatic heterocycles. The van der Waals surface area contributed by atoms with Gasteiger partial charge in [-0.15, -0.1) is 0 Å². The summed E-state index contributed by atoms with van der Waals surface area (Å²) in [5, 5.41) is 6.38. The van der Waals surface area contributed by atoms with Crippen LogP contribution in [0.4, 0.5) is 15.8 Å². The molecule has 0 spiro atoms. The third-order valence-electron chi connectivity index (χ3n) is 5.90. The molecule has 0 fully saturated rings. The number of methoxy groups -OCH3 is 1. The Kier molecular flexibility index (Phi) is 6.13. The Morgan fingerprint density at radius 2 is 2.21 bits per heavy atom. The summed E-state index contributed by atoms with van der Waals surface area (Å²) < 4.78 is 27.3. The van der Waals surface area contributed by atoms with E-state index in [0.29, 0.717) is 41.8 Å². The Hall–Kier alpha value is -2.82. The minimum atomic E-state index is -0.477. The SMILES string of the molecule is COc1c(F)cccc1Nc1c2[nH]c3c1C(=O)NCC3[I-]CC(C)CCOc1cnccc1-2. The molecule has 9 heteroatoms. The molecule has 0 saturated heterocycles. The van der Waals surface area contributed by atoms with Crippen molar-refractivity contribution in [2.24, 2.45) is 5.92 Å². The molecule has 2 bridgehead atoms. The first-order valence-corrected chi connectivity index (χ1v) is 13.6. The summed E-state index contributed by atoms with van der Waals surface area (Å²) in [6.45, 7) is 3.49. The number of para-hydroxylation sites is 1. The monoisotopic (exact) mass is 563 g/mol. The van der Waals surface area contributed by atoms with Crippen LogP contribution in [-0.4, -0.2) is 40.6 Å². The van der Waals surface area contributed by atoms with E-state index >= 15 is 0 Å². The zero-order chi connectivity index (χ0) is 22.9. The van der Waals surface area contributed by atoms with Crippen LogP contribution in [0.3, 0.4) is 0 Å². The second-order valence-electron chi connectivity index (χ2n) is 8.21. The van der Waals surface area contributed by atoms with E-state index < -0.39 is 5.82 Å². The van der Waals surface area contributed by atoms with Gasteiger partial charge in [0.15, 0.2) is 0 Å². The number of carbonyl (C=O) groups is 1. The Morgan fingerprint density at radius 1 is 1.33 bits per heavy atom. The number of amides is 1. The molecule has 3 aromatic rings. The number of anilines is 2. The molecule has 0 aliphatic carbocycles. The van der Waals surface area contributed by atoms with Crippen LogP contribution in [0.5, 0.6) is 11.5 Å². The molecule has 2 unspecified atom stereocenters. The van der Waals surface area contributed by atoms with Gasteiger partial charge in [-0.1, -0.05) is 0 Å². The van der Waals surface area contributed by atoms with Crippen LogP contribution < -0.4 is 41.3 Å². The fraction of sp³-hybridized carbons (Fsp3) is 0.333. The van der Waals surface area contributed by atoms with Crippen molar-refractivity contribution < 1.29 is 39.9 Å². The van der Waals surface area contributed by atoms with E-state index in [4.69, 9.17) is 9.47 Å². The molecular formula is C24H25FIN4O3-. The average Bonchev–Trinajstić information content (AvgIpc) is 3.18. The van der Waals surface area contributed by atoms with Crippen molar-refractivity contribution >= 4 is 17.3 Å². The Balaban J connectivity index is 1.72. The summed E-state index contributed by atoms with van der Waals surface area (Å²) >= 11 is -0.208. The van der Waals surface area contributed by atoms with Crippen molar-refractivity contribution in [2.45, 2.75) is 17.3 Å². The maximum atomic E-state index is 14.4. The summed E-state index contributed by atoms with van der Waals surface area (Å²) in [7, 11) is 1.43. The van der Waals surface area contributed by atoms with E-state index in [9.17, 15) is 9.18 Å². The maximum absolute atomic E-state index is 14.4. The van der Waals surface area contributed by atoms with Gasteiger partial charge in [-0.2, -0.15) is 0 Å². The Morgan fingerprint density at radius 3 is 3.06 bits per heavy atom. The third kappa shape index (κ3) is 4.14. The van der Waals surface area contributed by atoms with Crippen molar-refractivity contribution in [3.8, 4) is 22.8 Å². The molecule has 1 amide bonds. The molecule has 2 atom stereocenters. The fourth-order valence-electron chi connectivity index (χ4n) is 4.18. The molecule has 2 aliphatic rings. The quantitative estimate of drug-likeness (QED) is 0.330. The number of ether oxygens (including phenoxy) is 2. The third-order valence-corrected chi connectivity index (χ3v) is 10.0. The van der Waals surface area contributed by atoms with Crippen LogP contribution in [0.2, 0.25) is 0 Å². The summed E-state index contributed by atoms with van der Waals surface area (Å²) in [4.78, 5) is 20.9. The number of hydrogen-bond donors (Lipinski definition) is 3. The van der Waals surface area contributed by atoms with Gasteiger partial charge in [-0.05, 0) is 0 Å². The van der Waals surface area contributed by atoms with Crippen LogP contribution in [0, 0.1) is 11.7 Å². The van der Waals surface area contributed by atoms with Gasteiger partial charge < -0.3 is 0 Å². The standard InChI is InChI=1S/C24H25FIN4O3/c1-13-7-9-33-18-12-27-8-6-14(18)20-22(29-17-5-3-4-15(25)23(17)32-2)19-21(30-20)16(26-10-13)11-28-24(19)31/h3-6,8,12-13,16,29-30H,7,9-11H2,1-2H3,(H,28,31)/q-1. The average molecular weight is 563 g/mol. The number of fused-ring (bicyclic) bond motifs is 3. The number of alkyl halides is 2. The molecule has 2 aliphatic heterocycles. The van der Waals surface area contributed by atoms with Crippen LogP contribution >= 0.6 is 0 Å². The van der Waals surface area contributed by atoms with E-state index in [2.05, 4.69) is 27.5 Å². The van der Waals surface area contributed by atoms with Gasteiger partial charge in [0.05, 0.1) is 0 Å². The number of pyridine rings is 1. The zero-order valence-corrected chi connectivity index (χ0v) is 20.5. The van der Waals surface area contributed by atoms with E-state index in [1.807, 2.05) is 6.07 Å². The molecule has 3 N–H and O–H groups in total. The van der Waals surface area contributed by atoms with Crippen LogP contribution in [-0.2, 0) is 0 Å². The molecule has 33 heavy (non-hydrogen) atoms. The number of nitrogens with one attached hydrogen (secondary N) is 3. The number of halogens is 2. The molecule has 174 valence electrons. The van der Waals surface area contributed by atoms with Crippen LogP contribution in [0.15, 0.2) is 36.7 Å². The number of H-pyrrole nitrogens is 1. The number of benzene rings is 1. The number of carbonyl (C=O) groups excluding carboxylic acids is 1. The molecule has 0 radical (unpaired) electrons. The van der Waals surface area contributed by atoms with Gasteiger partial charge in [0.1, 0.15) is 0 Å². The predicted molar refractivity (Wildman–Crippen MR) is 119 cm³/mol. The fourth-order valence-corrected chi connectivity index (χ4v) is 7.54. The van der Waals surface area contributed by atoms with Crippen molar-refractivity contribution in [2.75, 3.05) is 30.0 Å². The summed E-state index contributed by atoms with van der Waals surface area (Å²) in [5.74, 6) is 0.655. The van der Waals surface area contributed by atoms with Crippen molar-refractivity contribution in [1.82, 2.24) is 15.3 Å². The van der Waals surface area contributed by atoms with E-state index in [1.165, 1.54) is 13.2 Å². The second kappa shape index (κ2) is 9.20. The number of aromatic amines is 1. The molecule has 5 rings (SSSR count). The summed E-state index contributed by atoms with van der Waals surface area (Å²) in [6, 6.07) is 6.56. The van der Waals surface area contributed by atoms with Crippen molar-refractivity contribution in [1.29, 1.82) is 0 Å². The predicted octanol–water partition coefficient (Wildman–Crippen LogP) is 1.26. The van der Waals surface area contributed by atoms with Gasteiger partial charge in [0.2, 0.25) is 0 Å². The Bertz CT molecular complexity index is 1200. The van der Waals surface area contributed by atoms with Crippen molar-refractivity contribution in [3.63, 3.8) is 0 Å².